The summed E-state index contributed by atoms with van der Waals surface area (Å²) in [6, 6.07) is 14.9. The van der Waals surface area contributed by atoms with Gasteiger partial charge in [0.25, 0.3) is 5.56 Å². The molecule has 2 aromatic carbocycles. The minimum atomic E-state index is -0.0987. The number of aromatic amines is 1. The Morgan fingerprint density at radius 1 is 1.13 bits per heavy atom. The van der Waals surface area contributed by atoms with Crippen LogP contribution in [0, 0.1) is 0 Å². The quantitative estimate of drug-likeness (QED) is 0.444. The van der Waals surface area contributed by atoms with E-state index in [-0.39, 0.29) is 5.56 Å². The number of piperazine rings is 1. The van der Waals surface area contributed by atoms with Crippen LogP contribution in [0.3, 0.4) is 0 Å². The largest absolute Gasteiger partial charge is 0.506 e. The van der Waals surface area contributed by atoms with E-state index in [9.17, 15) is 9.90 Å². The van der Waals surface area contributed by atoms with E-state index in [2.05, 4.69) is 9.88 Å². The number of fused-ring (bicyclic) bond motifs is 1. The Morgan fingerprint density at radius 2 is 1.87 bits per heavy atom. The summed E-state index contributed by atoms with van der Waals surface area (Å²) in [4.78, 5) is 25.0. The van der Waals surface area contributed by atoms with Gasteiger partial charge in [-0.15, -0.1) is 11.3 Å². The molecule has 158 valence electrons. The van der Waals surface area contributed by atoms with Crippen LogP contribution in [0.5, 0.6) is 5.75 Å². The SMILES string of the molecule is O=c1[nH]c(C[NH+]2CCN(c3ccccc3O)CC2)nc2scc(-c3ccc(Cl)cc3)c12. The van der Waals surface area contributed by atoms with Crippen molar-refractivity contribution in [2.45, 2.75) is 6.54 Å². The number of hydrogen-bond acceptors (Lipinski definition) is 5. The monoisotopic (exact) mass is 453 g/mol. The molecule has 1 saturated heterocycles. The molecule has 5 rings (SSSR count). The maximum atomic E-state index is 12.9. The van der Waals surface area contributed by atoms with E-state index in [4.69, 9.17) is 16.6 Å². The van der Waals surface area contributed by atoms with Crippen molar-refractivity contribution in [2.75, 3.05) is 31.1 Å². The molecule has 6 nitrogen and oxygen atoms in total. The normalized spacial score (nSPS) is 14.9. The lowest BCUT2D eigenvalue weighted by molar-refractivity contribution is -0.915. The molecule has 2 aromatic heterocycles. The maximum absolute atomic E-state index is 12.9. The third kappa shape index (κ3) is 4.04. The van der Waals surface area contributed by atoms with E-state index >= 15 is 0 Å². The van der Waals surface area contributed by atoms with Gasteiger partial charge in [0, 0.05) is 16.0 Å². The molecular formula is C23H22ClN4O2S+. The molecule has 0 bridgehead atoms. The van der Waals surface area contributed by atoms with Gasteiger partial charge >= 0.3 is 0 Å². The fraction of sp³-hybridized carbons (Fsp3) is 0.217. The van der Waals surface area contributed by atoms with E-state index in [0.717, 1.165) is 47.8 Å². The number of phenols is 1. The number of rotatable bonds is 4. The smallest absolute Gasteiger partial charge is 0.260 e. The standard InChI is InChI=1S/C23H21ClN4O2S/c24-16-7-5-15(6-8-16)17-14-31-23-21(17)22(30)25-20(26-23)13-27-9-11-28(12-10-27)18-3-1-2-4-19(18)29/h1-8,14,29H,9-13H2,(H,25,26,30)/p+1. The average Bonchev–Trinajstić information content (AvgIpc) is 3.20. The van der Waals surface area contributed by atoms with E-state index in [0.29, 0.717) is 28.5 Å². The zero-order chi connectivity index (χ0) is 21.4. The number of thiophene rings is 1. The van der Waals surface area contributed by atoms with Crippen LogP contribution in [-0.2, 0) is 6.54 Å². The van der Waals surface area contributed by atoms with Gasteiger partial charge in [0.2, 0.25) is 0 Å². The van der Waals surface area contributed by atoms with Crippen LogP contribution in [-0.4, -0.2) is 41.3 Å². The predicted molar refractivity (Wildman–Crippen MR) is 125 cm³/mol. The van der Waals surface area contributed by atoms with Gasteiger partial charge in [-0.2, -0.15) is 0 Å². The molecule has 0 saturated carbocycles. The number of aromatic nitrogens is 2. The summed E-state index contributed by atoms with van der Waals surface area (Å²) in [7, 11) is 0. The summed E-state index contributed by atoms with van der Waals surface area (Å²) < 4.78 is 0. The van der Waals surface area contributed by atoms with Gasteiger partial charge in [-0.25, -0.2) is 4.98 Å². The molecule has 3 N–H and O–H groups in total. The molecule has 0 spiro atoms. The fourth-order valence-corrected chi connectivity index (χ4v) is 5.22. The van der Waals surface area contributed by atoms with E-state index in [1.165, 1.54) is 16.2 Å². The second kappa shape index (κ2) is 8.34. The lowest BCUT2D eigenvalue weighted by atomic mass is 10.1. The summed E-state index contributed by atoms with van der Waals surface area (Å²) in [5, 5.41) is 13.4. The van der Waals surface area contributed by atoms with Gasteiger partial charge in [0.1, 0.15) is 17.1 Å². The summed E-state index contributed by atoms with van der Waals surface area (Å²) in [5.74, 6) is 1.03. The highest BCUT2D eigenvalue weighted by Crippen LogP contribution is 2.31. The van der Waals surface area contributed by atoms with Crippen LogP contribution >= 0.6 is 22.9 Å². The molecule has 0 radical (unpaired) electrons. The molecule has 31 heavy (non-hydrogen) atoms. The summed E-state index contributed by atoms with van der Waals surface area (Å²) in [6.45, 7) is 4.19. The number of phenolic OH excluding ortho intramolecular Hbond substituents is 1. The van der Waals surface area contributed by atoms with Crippen LogP contribution in [0.25, 0.3) is 21.3 Å². The zero-order valence-corrected chi connectivity index (χ0v) is 18.3. The maximum Gasteiger partial charge on any atom is 0.260 e. The zero-order valence-electron chi connectivity index (χ0n) is 16.8. The number of nitrogens with zero attached hydrogens (tertiary/aromatic N) is 2. The Morgan fingerprint density at radius 3 is 2.61 bits per heavy atom. The molecule has 8 heteroatoms. The topological polar surface area (TPSA) is 73.7 Å². The molecular weight excluding hydrogens is 432 g/mol. The molecule has 3 heterocycles. The van der Waals surface area contributed by atoms with Gasteiger partial charge < -0.3 is 19.9 Å². The first-order chi connectivity index (χ1) is 15.1. The number of benzene rings is 2. The Balaban J connectivity index is 1.32. The first-order valence-corrected chi connectivity index (χ1v) is 11.5. The Kier molecular flexibility index (Phi) is 5.40. The minimum Gasteiger partial charge on any atom is -0.506 e. The summed E-state index contributed by atoms with van der Waals surface area (Å²) in [5.41, 5.74) is 2.63. The molecule has 1 fully saturated rings. The van der Waals surface area contributed by atoms with Crippen LogP contribution in [0.15, 0.2) is 58.7 Å². The van der Waals surface area contributed by atoms with Gasteiger partial charge in [0.15, 0.2) is 5.82 Å². The summed E-state index contributed by atoms with van der Waals surface area (Å²) >= 11 is 7.49. The lowest BCUT2D eigenvalue weighted by Gasteiger charge is -2.33. The molecule has 1 aliphatic heterocycles. The highest BCUT2D eigenvalue weighted by molar-refractivity contribution is 7.17. The van der Waals surface area contributed by atoms with Crippen molar-refractivity contribution < 1.29 is 10.0 Å². The molecule has 0 unspecified atom stereocenters. The fourth-order valence-electron chi connectivity index (χ4n) is 4.13. The van der Waals surface area contributed by atoms with Crippen LogP contribution in [0.4, 0.5) is 5.69 Å². The molecule has 0 amide bonds. The highest BCUT2D eigenvalue weighted by atomic mass is 35.5. The predicted octanol–water partition coefficient (Wildman–Crippen LogP) is 2.92. The number of para-hydroxylation sites is 2. The van der Waals surface area contributed by atoms with Crippen molar-refractivity contribution in [3.63, 3.8) is 0 Å². The number of aromatic hydroxyl groups is 1. The van der Waals surface area contributed by atoms with Crippen molar-refractivity contribution >= 4 is 38.8 Å². The minimum absolute atomic E-state index is 0.0987. The van der Waals surface area contributed by atoms with Gasteiger partial charge in [-0.3, -0.25) is 4.79 Å². The average molecular weight is 454 g/mol. The molecule has 0 aliphatic carbocycles. The summed E-state index contributed by atoms with van der Waals surface area (Å²) in [6.07, 6.45) is 0. The first-order valence-electron chi connectivity index (χ1n) is 10.2. The Hall–Kier alpha value is -2.87. The number of quaternary nitrogens is 1. The Labute approximate surface area is 188 Å². The van der Waals surface area contributed by atoms with Gasteiger partial charge in [-0.1, -0.05) is 35.9 Å². The second-order valence-electron chi connectivity index (χ2n) is 7.75. The third-order valence-electron chi connectivity index (χ3n) is 5.76. The van der Waals surface area contributed by atoms with E-state index in [1.807, 2.05) is 47.8 Å². The number of H-pyrrole nitrogens is 1. The van der Waals surface area contributed by atoms with E-state index < -0.39 is 0 Å². The molecule has 4 aromatic rings. The highest BCUT2D eigenvalue weighted by Gasteiger charge is 2.23. The van der Waals surface area contributed by atoms with Gasteiger partial charge in [-0.05, 0) is 29.8 Å². The van der Waals surface area contributed by atoms with Crippen LogP contribution in [0.2, 0.25) is 5.02 Å². The van der Waals surface area contributed by atoms with Crippen LogP contribution < -0.4 is 15.4 Å². The molecule has 0 atom stereocenters. The van der Waals surface area contributed by atoms with Crippen molar-refractivity contribution in [1.29, 1.82) is 0 Å². The number of nitrogens with one attached hydrogen (secondary N) is 2. The first kappa shape index (κ1) is 20.1. The van der Waals surface area contributed by atoms with Crippen molar-refractivity contribution in [2.24, 2.45) is 0 Å². The number of halogens is 1. The van der Waals surface area contributed by atoms with Crippen LogP contribution in [0.1, 0.15) is 5.82 Å². The number of anilines is 1. The van der Waals surface area contributed by atoms with Crippen molar-refractivity contribution in [1.82, 2.24) is 9.97 Å². The third-order valence-corrected chi connectivity index (χ3v) is 6.88. The van der Waals surface area contributed by atoms with Crippen molar-refractivity contribution in [3.05, 3.63) is 75.1 Å². The van der Waals surface area contributed by atoms with Crippen molar-refractivity contribution in [3.8, 4) is 16.9 Å². The van der Waals surface area contributed by atoms with E-state index in [1.54, 1.807) is 6.07 Å². The second-order valence-corrected chi connectivity index (χ2v) is 9.05. The Bertz CT molecular complexity index is 1280. The number of hydrogen-bond donors (Lipinski definition) is 3. The molecule has 1 aliphatic rings. The lowest BCUT2D eigenvalue weighted by Crippen LogP contribution is -3.13. The van der Waals surface area contributed by atoms with Gasteiger partial charge in [0.05, 0.1) is 37.3 Å².